The van der Waals surface area contributed by atoms with E-state index in [0.717, 1.165) is 19.3 Å². The van der Waals surface area contributed by atoms with Crippen molar-refractivity contribution in [2.45, 2.75) is 58.7 Å². The first-order valence-electron chi connectivity index (χ1n) is 5.73. The fourth-order valence-corrected chi connectivity index (χ4v) is 1.42. The number of amides is 1. The monoisotopic (exact) mass is 239 g/mol. The van der Waals surface area contributed by atoms with E-state index in [1.807, 2.05) is 13.8 Å². The molecular formula is C11H20F3NO. The number of carbonyl (C=O) groups excluding carboxylic acids is 1. The predicted octanol–water partition coefficient (Wildman–Crippen LogP) is 3.27. The van der Waals surface area contributed by atoms with Crippen LogP contribution in [-0.4, -0.2) is 18.1 Å². The molecule has 0 aromatic heterocycles. The predicted molar refractivity (Wildman–Crippen MR) is 57.0 cm³/mol. The first-order valence-corrected chi connectivity index (χ1v) is 5.73. The lowest BCUT2D eigenvalue weighted by molar-refractivity contribution is -0.154. The number of hydrogen-bond donors (Lipinski definition) is 1. The molecule has 1 rings (SSSR count). The lowest BCUT2D eigenvalue weighted by atomic mass is 10.1. The zero-order valence-electron chi connectivity index (χ0n) is 10.0. The standard InChI is InChI=1S/C9H14F3NO.C2H6/c1-6(4-7-2-3-7)13-8(14)5-9(10,11)12;1-2/h6-7H,2-5H2,1H3,(H,13,14);1-2H3. The Morgan fingerprint density at radius 1 is 1.38 bits per heavy atom. The number of alkyl halides is 3. The topological polar surface area (TPSA) is 29.1 Å². The molecule has 1 atom stereocenters. The van der Waals surface area contributed by atoms with Gasteiger partial charge in [-0.25, -0.2) is 0 Å². The van der Waals surface area contributed by atoms with E-state index in [2.05, 4.69) is 5.32 Å². The molecule has 0 radical (unpaired) electrons. The summed E-state index contributed by atoms with van der Waals surface area (Å²) >= 11 is 0. The molecule has 1 amide bonds. The van der Waals surface area contributed by atoms with Gasteiger partial charge >= 0.3 is 6.18 Å². The van der Waals surface area contributed by atoms with Crippen LogP contribution < -0.4 is 5.32 Å². The fraction of sp³-hybridized carbons (Fsp3) is 0.909. The average Bonchev–Trinajstić information content (AvgIpc) is 2.87. The third kappa shape index (κ3) is 8.56. The maximum absolute atomic E-state index is 11.8. The Bertz CT molecular complexity index is 212. The van der Waals surface area contributed by atoms with Crippen LogP contribution in [0.15, 0.2) is 0 Å². The highest BCUT2D eigenvalue weighted by molar-refractivity contribution is 5.76. The van der Waals surface area contributed by atoms with Crippen LogP contribution in [0, 0.1) is 5.92 Å². The minimum absolute atomic E-state index is 0.141. The Kier molecular flexibility index (Phi) is 6.45. The highest BCUT2D eigenvalue weighted by atomic mass is 19.4. The van der Waals surface area contributed by atoms with Crippen LogP contribution in [0.3, 0.4) is 0 Å². The normalized spacial score (nSPS) is 17.1. The van der Waals surface area contributed by atoms with Crippen molar-refractivity contribution < 1.29 is 18.0 Å². The van der Waals surface area contributed by atoms with Crippen LogP contribution in [-0.2, 0) is 4.79 Å². The molecule has 2 nitrogen and oxygen atoms in total. The maximum Gasteiger partial charge on any atom is 0.397 e. The quantitative estimate of drug-likeness (QED) is 0.801. The van der Waals surface area contributed by atoms with E-state index in [4.69, 9.17) is 0 Å². The van der Waals surface area contributed by atoms with Gasteiger partial charge in [0.15, 0.2) is 0 Å². The molecule has 1 fully saturated rings. The average molecular weight is 239 g/mol. The zero-order chi connectivity index (χ0) is 12.8. The molecule has 0 aromatic carbocycles. The summed E-state index contributed by atoms with van der Waals surface area (Å²) in [6.07, 6.45) is -2.70. The minimum Gasteiger partial charge on any atom is -0.353 e. The van der Waals surface area contributed by atoms with E-state index < -0.39 is 18.5 Å². The number of carbonyl (C=O) groups is 1. The van der Waals surface area contributed by atoms with Gasteiger partial charge in [-0.2, -0.15) is 13.2 Å². The third-order valence-corrected chi connectivity index (χ3v) is 2.15. The Labute approximate surface area is 94.6 Å². The van der Waals surface area contributed by atoms with Gasteiger partial charge in [0.1, 0.15) is 6.42 Å². The zero-order valence-corrected chi connectivity index (χ0v) is 10.0. The van der Waals surface area contributed by atoms with E-state index in [1.54, 1.807) is 6.92 Å². The molecule has 0 saturated heterocycles. The summed E-state index contributed by atoms with van der Waals surface area (Å²) in [5.41, 5.74) is 0. The van der Waals surface area contributed by atoms with Crippen LogP contribution in [0.25, 0.3) is 0 Å². The molecule has 1 aliphatic carbocycles. The number of halogens is 3. The first kappa shape index (κ1) is 15.3. The molecule has 0 aliphatic heterocycles. The first-order chi connectivity index (χ1) is 7.37. The van der Waals surface area contributed by atoms with E-state index in [0.29, 0.717) is 5.92 Å². The van der Waals surface area contributed by atoms with Crippen molar-refractivity contribution in [3.8, 4) is 0 Å². The molecule has 1 saturated carbocycles. The second-order valence-corrected chi connectivity index (χ2v) is 3.94. The van der Waals surface area contributed by atoms with Crippen LogP contribution in [0.5, 0.6) is 0 Å². The van der Waals surface area contributed by atoms with Gasteiger partial charge in [0.05, 0.1) is 0 Å². The van der Waals surface area contributed by atoms with Crippen molar-refractivity contribution >= 4 is 5.91 Å². The molecule has 1 N–H and O–H groups in total. The maximum atomic E-state index is 11.8. The molecule has 5 heteroatoms. The van der Waals surface area contributed by atoms with E-state index >= 15 is 0 Å². The number of rotatable bonds is 4. The SMILES string of the molecule is CC.CC(CC1CC1)NC(=O)CC(F)(F)F. The number of hydrogen-bond acceptors (Lipinski definition) is 1. The van der Waals surface area contributed by atoms with Gasteiger partial charge in [0.2, 0.25) is 5.91 Å². The summed E-state index contributed by atoms with van der Waals surface area (Å²) in [5.74, 6) is -0.318. The van der Waals surface area contributed by atoms with Crippen molar-refractivity contribution in [3.05, 3.63) is 0 Å². The minimum atomic E-state index is -4.40. The van der Waals surface area contributed by atoms with Crippen LogP contribution in [0.4, 0.5) is 13.2 Å². The molecule has 0 spiro atoms. The second kappa shape index (κ2) is 6.76. The van der Waals surface area contributed by atoms with Crippen molar-refractivity contribution in [1.29, 1.82) is 0 Å². The van der Waals surface area contributed by atoms with Crippen molar-refractivity contribution in [3.63, 3.8) is 0 Å². The highest BCUT2D eigenvalue weighted by Crippen LogP contribution is 2.33. The molecule has 0 bridgehead atoms. The molecule has 16 heavy (non-hydrogen) atoms. The Hall–Kier alpha value is -0.740. The van der Waals surface area contributed by atoms with Gasteiger partial charge in [-0.3, -0.25) is 4.79 Å². The smallest absolute Gasteiger partial charge is 0.353 e. The lowest BCUT2D eigenvalue weighted by Gasteiger charge is -2.14. The largest absolute Gasteiger partial charge is 0.397 e. The van der Waals surface area contributed by atoms with Gasteiger partial charge < -0.3 is 5.32 Å². The Morgan fingerprint density at radius 3 is 2.25 bits per heavy atom. The Morgan fingerprint density at radius 2 is 1.88 bits per heavy atom. The van der Waals surface area contributed by atoms with E-state index in [1.165, 1.54) is 0 Å². The summed E-state index contributed by atoms with van der Waals surface area (Å²) in [6.45, 7) is 5.74. The third-order valence-electron chi connectivity index (χ3n) is 2.15. The second-order valence-electron chi connectivity index (χ2n) is 3.94. The summed E-state index contributed by atoms with van der Waals surface area (Å²) in [6, 6.07) is -0.141. The summed E-state index contributed by atoms with van der Waals surface area (Å²) in [7, 11) is 0. The van der Waals surface area contributed by atoms with Gasteiger partial charge in [-0.1, -0.05) is 26.7 Å². The van der Waals surface area contributed by atoms with Crippen molar-refractivity contribution in [2.75, 3.05) is 0 Å². The van der Waals surface area contributed by atoms with Gasteiger partial charge in [-0.05, 0) is 19.3 Å². The van der Waals surface area contributed by atoms with E-state index in [9.17, 15) is 18.0 Å². The Balaban J connectivity index is 0.00000106. The molecule has 0 aromatic rings. The van der Waals surface area contributed by atoms with Gasteiger partial charge in [-0.15, -0.1) is 0 Å². The van der Waals surface area contributed by atoms with Gasteiger partial charge in [0.25, 0.3) is 0 Å². The lowest BCUT2D eigenvalue weighted by Crippen LogP contribution is -2.35. The number of nitrogens with one attached hydrogen (secondary N) is 1. The summed E-state index contributed by atoms with van der Waals surface area (Å²) < 4.78 is 35.3. The van der Waals surface area contributed by atoms with Crippen molar-refractivity contribution in [1.82, 2.24) is 5.32 Å². The van der Waals surface area contributed by atoms with Crippen LogP contribution >= 0.6 is 0 Å². The van der Waals surface area contributed by atoms with E-state index in [-0.39, 0.29) is 6.04 Å². The van der Waals surface area contributed by atoms with Gasteiger partial charge in [0, 0.05) is 6.04 Å². The van der Waals surface area contributed by atoms with Crippen LogP contribution in [0.2, 0.25) is 0 Å². The van der Waals surface area contributed by atoms with Crippen LogP contribution in [0.1, 0.15) is 46.5 Å². The van der Waals surface area contributed by atoms with Crippen molar-refractivity contribution in [2.24, 2.45) is 5.92 Å². The summed E-state index contributed by atoms with van der Waals surface area (Å²) in [5, 5.41) is 2.35. The highest BCUT2D eigenvalue weighted by Gasteiger charge is 2.32. The fourth-order valence-electron chi connectivity index (χ4n) is 1.42. The summed E-state index contributed by atoms with van der Waals surface area (Å²) in [4.78, 5) is 10.8. The molecule has 0 heterocycles. The molecule has 1 unspecified atom stereocenters. The molecule has 96 valence electrons. The molecule has 1 aliphatic rings. The molecular weight excluding hydrogens is 219 g/mol.